The first-order chi connectivity index (χ1) is 8.83. The molecule has 112 valence electrons. The SMILES string of the molecule is CCN(CCCNC(C)C1CC1)C(=O)OC(C)(C)C. The number of carbonyl (C=O) groups is 1. The van der Waals surface area contributed by atoms with Crippen LogP contribution >= 0.6 is 0 Å². The van der Waals surface area contributed by atoms with Gasteiger partial charge in [0.05, 0.1) is 0 Å². The van der Waals surface area contributed by atoms with Crippen molar-refractivity contribution in [1.82, 2.24) is 10.2 Å². The summed E-state index contributed by atoms with van der Waals surface area (Å²) in [5.74, 6) is 0.883. The van der Waals surface area contributed by atoms with Crippen LogP contribution in [0.4, 0.5) is 4.79 Å². The molecule has 4 heteroatoms. The van der Waals surface area contributed by atoms with E-state index in [1.807, 2.05) is 27.7 Å². The van der Waals surface area contributed by atoms with Crippen LogP contribution in [0.3, 0.4) is 0 Å². The van der Waals surface area contributed by atoms with Crippen LogP contribution in [0.1, 0.15) is 53.9 Å². The molecule has 0 spiro atoms. The molecule has 0 saturated heterocycles. The Bertz CT molecular complexity index is 282. The lowest BCUT2D eigenvalue weighted by atomic mass is 10.2. The van der Waals surface area contributed by atoms with E-state index in [0.717, 1.165) is 25.4 Å². The quantitative estimate of drug-likeness (QED) is 0.723. The summed E-state index contributed by atoms with van der Waals surface area (Å²) in [5, 5.41) is 3.53. The van der Waals surface area contributed by atoms with Gasteiger partial charge in [-0.1, -0.05) is 0 Å². The van der Waals surface area contributed by atoms with Gasteiger partial charge in [0.1, 0.15) is 5.60 Å². The van der Waals surface area contributed by atoms with Crippen molar-refractivity contribution in [2.45, 2.75) is 65.5 Å². The molecule has 0 aromatic rings. The molecule has 4 nitrogen and oxygen atoms in total. The molecule has 1 aliphatic carbocycles. The molecule has 1 rings (SSSR count). The number of nitrogens with zero attached hydrogens (tertiary/aromatic N) is 1. The highest BCUT2D eigenvalue weighted by atomic mass is 16.6. The number of amides is 1. The van der Waals surface area contributed by atoms with E-state index in [2.05, 4.69) is 12.2 Å². The maximum Gasteiger partial charge on any atom is 0.410 e. The predicted molar refractivity (Wildman–Crippen MR) is 78.3 cm³/mol. The van der Waals surface area contributed by atoms with Crippen molar-refractivity contribution in [2.75, 3.05) is 19.6 Å². The average molecular weight is 270 g/mol. The van der Waals surface area contributed by atoms with E-state index in [0.29, 0.717) is 12.6 Å². The average Bonchev–Trinajstić information content (AvgIpc) is 3.09. The minimum absolute atomic E-state index is 0.203. The lowest BCUT2D eigenvalue weighted by molar-refractivity contribution is 0.0258. The van der Waals surface area contributed by atoms with Crippen LogP contribution in [0.5, 0.6) is 0 Å². The van der Waals surface area contributed by atoms with Crippen LogP contribution in [0.2, 0.25) is 0 Å². The molecule has 1 N–H and O–H groups in total. The molecule has 1 amide bonds. The number of rotatable bonds is 7. The standard InChI is InChI=1S/C15H30N2O2/c1-6-17(14(18)19-15(3,4)5)11-7-10-16-12(2)13-8-9-13/h12-13,16H,6-11H2,1-5H3. The van der Waals surface area contributed by atoms with Crippen molar-refractivity contribution < 1.29 is 9.53 Å². The van der Waals surface area contributed by atoms with Crippen molar-refractivity contribution in [3.63, 3.8) is 0 Å². The lowest BCUT2D eigenvalue weighted by Gasteiger charge is -2.26. The summed E-state index contributed by atoms with van der Waals surface area (Å²) in [7, 11) is 0. The number of carbonyl (C=O) groups excluding carboxylic acids is 1. The summed E-state index contributed by atoms with van der Waals surface area (Å²) in [4.78, 5) is 13.7. The molecule has 1 fully saturated rings. The lowest BCUT2D eigenvalue weighted by Crippen LogP contribution is -2.38. The van der Waals surface area contributed by atoms with Gasteiger partial charge in [-0.2, -0.15) is 0 Å². The van der Waals surface area contributed by atoms with Crippen molar-refractivity contribution in [3.8, 4) is 0 Å². The van der Waals surface area contributed by atoms with E-state index in [4.69, 9.17) is 4.74 Å². The van der Waals surface area contributed by atoms with Gasteiger partial charge in [-0.05, 0) is 66.3 Å². The van der Waals surface area contributed by atoms with E-state index in [-0.39, 0.29) is 6.09 Å². The Labute approximate surface area is 117 Å². The summed E-state index contributed by atoms with van der Waals surface area (Å²) >= 11 is 0. The largest absolute Gasteiger partial charge is 0.444 e. The third-order valence-corrected chi connectivity index (χ3v) is 3.43. The third-order valence-electron chi connectivity index (χ3n) is 3.43. The van der Waals surface area contributed by atoms with Gasteiger partial charge in [0.25, 0.3) is 0 Å². The first kappa shape index (κ1) is 16.3. The molecule has 0 heterocycles. The molecule has 19 heavy (non-hydrogen) atoms. The highest BCUT2D eigenvalue weighted by molar-refractivity contribution is 5.68. The molecule has 1 aliphatic rings. The molecular weight excluding hydrogens is 240 g/mol. The number of hydrogen-bond acceptors (Lipinski definition) is 3. The van der Waals surface area contributed by atoms with Gasteiger partial charge in [0, 0.05) is 19.1 Å². The second kappa shape index (κ2) is 7.13. The van der Waals surface area contributed by atoms with E-state index >= 15 is 0 Å². The molecule has 0 radical (unpaired) electrons. The monoisotopic (exact) mass is 270 g/mol. The molecule has 0 bridgehead atoms. The fourth-order valence-electron chi connectivity index (χ4n) is 2.07. The zero-order valence-electron chi connectivity index (χ0n) is 13.2. The second-order valence-corrected chi connectivity index (χ2v) is 6.49. The van der Waals surface area contributed by atoms with Crippen molar-refractivity contribution in [2.24, 2.45) is 5.92 Å². The summed E-state index contributed by atoms with van der Waals surface area (Å²) in [6, 6.07) is 0.622. The Morgan fingerprint density at radius 2 is 2.05 bits per heavy atom. The summed E-state index contributed by atoms with van der Waals surface area (Å²) < 4.78 is 5.38. The van der Waals surface area contributed by atoms with Gasteiger partial charge in [0.2, 0.25) is 0 Å². The van der Waals surface area contributed by atoms with Gasteiger partial charge in [0.15, 0.2) is 0 Å². The van der Waals surface area contributed by atoms with Crippen molar-refractivity contribution in [3.05, 3.63) is 0 Å². The fraction of sp³-hybridized carbons (Fsp3) is 0.933. The zero-order valence-corrected chi connectivity index (χ0v) is 13.2. The van der Waals surface area contributed by atoms with Gasteiger partial charge in [-0.15, -0.1) is 0 Å². The predicted octanol–water partition coefficient (Wildman–Crippen LogP) is 3.02. The van der Waals surface area contributed by atoms with Gasteiger partial charge in [-0.3, -0.25) is 0 Å². The van der Waals surface area contributed by atoms with Crippen molar-refractivity contribution >= 4 is 6.09 Å². The highest BCUT2D eigenvalue weighted by Crippen LogP contribution is 2.32. The topological polar surface area (TPSA) is 41.6 Å². The van der Waals surface area contributed by atoms with Crippen LogP contribution in [0.15, 0.2) is 0 Å². The minimum atomic E-state index is -0.413. The summed E-state index contributed by atoms with van der Waals surface area (Å²) in [6.45, 7) is 12.4. The van der Waals surface area contributed by atoms with E-state index in [1.54, 1.807) is 4.90 Å². The minimum Gasteiger partial charge on any atom is -0.444 e. The molecule has 1 saturated carbocycles. The zero-order chi connectivity index (χ0) is 14.5. The molecule has 1 atom stereocenters. The maximum absolute atomic E-state index is 11.9. The fourth-order valence-corrected chi connectivity index (χ4v) is 2.07. The number of nitrogens with one attached hydrogen (secondary N) is 1. The van der Waals surface area contributed by atoms with Gasteiger partial charge >= 0.3 is 6.09 Å². The van der Waals surface area contributed by atoms with Crippen LogP contribution in [0.25, 0.3) is 0 Å². The smallest absolute Gasteiger partial charge is 0.410 e. The van der Waals surface area contributed by atoms with E-state index < -0.39 is 5.60 Å². The Morgan fingerprint density at radius 3 is 2.53 bits per heavy atom. The highest BCUT2D eigenvalue weighted by Gasteiger charge is 2.27. The Morgan fingerprint density at radius 1 is 1.42 bits per heavy atom. The number of ether oxygens (including phenoxy) is 1. The van der Waals surface area contributed by atoms with Crippen LogP contribution in [-0.4, -0.2) is 42.3 Å². The van der Waals surface area contributed by atoms with E-state index in [9.17, 15) is 4.79 Å². The second-order valence-electron chi connectivity index (χ2n) is 6.49. The summed E-state index contributed by atoms with van der Waals surface area (Å²) in [6.07, 6.45) is 3.51. The van der Waals surface area contributed by atoms with Crippen LogP contribution < -0.4 is 5.32 Å². The summed E-state index contributed by atoms with van der Waals surface area (Å²) in [5.41, 5.74) is -0.413. The maximum atomic E-state index is 11.9. The normalized spacial score (nSPS) is 17.1. The van der Waals surface area contributed by atoms with Crippen LogP contribution in [-0.2, 0) is 4.74 Å². The van der Waals surface area contributed by atoms with Crippen molar-refractivity contribution in [1.29, 1.82) is 0 Å². The molecule has 0 aromatic heterocycles. The van der Waals surface area contributed by atoms with E-state index in [1.165, 1.54) is 12.8 Å². The Hall–Kier alpha value is -0.770. The molecular formula is C15H30N2O2. The molecule has 0 aliphatic heterocycles. The molecule has 0 aromatic carbocycles. The third kappa shape index (κ3) is 6.81. The number of hydrogen-bond donors (Lipinski definition) is 1. The first-order valence-electron chi connectivity index (χ1n) is 7.54. The Balaban J connectivity index is 2.18. The molecule has 1 unspecified atom stereocenters. The Kier molecular flexibility index (Phi) is 6.11. The first-order valence-corrected chi connectivity index (χ1v) is 7.54. The van der Waals surface area contributed by atoms with Gasteiger partial charge < -0.3 is 15.0 Å². The van der Waals surface area contributed by atoms with Crippen LogP contribution in [0, 0.1) is 5.92 Å². The van der Waals surface area contributed by atoms with Gasteiger partial charge in [-0.25, -0.2) is 4.79 Å².